The quantitative estimate of drug-likeness (QED) is 0.449. The van der Waals surface area contributed by atoms with E-state index in [1.165, 1.54) is 16.0 Å². The molecule has 0 amide bonds. The van der Waals surface area contributed by atoms with Crippen LogP contribution in [0.3, 0.4) is 0 Å². The molecule has 4 heterocycles. The molecule has 1 aliphatic rings. The highest BCUT2D eigenvalue weighted by Crippen LogP contribution is 2.34. The summed E-state index contributed by atoms with van der Waals surface area (Å²) in [5.74, 6) is 0.577. The Balaban J connectivity index is 1.66. The molecule has 3 aromatic heterocycles. The molecule has 0 radical (unpaired) electrons. The van der Waals surface area contributed by atoms with Gasteiger partial charge in [0.15, 0.2) is 16.4 Å². The van der Waals surface area contributed by atoms with Crippen molar-refractivity contribution in [2.45, 2.75) is 6.54 Å². The molecule has 0 unspecified atom stereocenters. The van der Waals surface area contributed by atoms with E-state index in [1.807, 2.05) is 6.07 Å². The highest BCUT2D eigenvalue weighted by molar-refractivity contribution is 7.22. The predicted octanol–water partition coefficient (Wildman–Crippen LogP) is 4.30. The van der Waals surface area contributed by atoms with Gasteiger partial charge >= 0.3 is 0 Å². The normalized spacial score (nSPS) is 14.5. The smallest absolute Gasteiger partial charge is 0.294 e. The first kappa shape index (κ1) is 19.6. The van der Waals surface area contributed by atoms with Crippen molar-refractivity contribution < 1.29 is 9.15 Å². The molecule has 0 N–H and O–H groups in total. The SMILES string of the molecule is O=c1c2nc(N3CCOCC3)sc2c(-c2ccco2)nn1Cc1ccc(Cl)cc1Cl. The van der Waals surface area contributed by atoms with Gasteiger partial charge in [-0.2, -0.15) is 5.10 Å². The number of hydrogen-bond donors (Lipinski definition) is 0. The first-order valence-electron chi connectivity index (χ1n) is 9.32. The Morgan fingerprint density at radius 2 is 2.00 bits per heavy atom. The maximum atomic E-state index is 13.2. The third kappa shape index (κ3) is 3.60. The molecule has 1 fully saturated rings. The van der Waals surface area contributed by atoms with Gasteiger partial charge < -0.3 is 14.1 Å². The zero-order chi connectivity index (χ0) is 20.7. The van der Waals surface area contributed by atoms with Gasteiger partial charge in [-0.3, -0.25) is 4.79 Å². The van der Waals surface area contributed by atoms with E-state index in [2.05, 4.69) is 15.0 Å². The summed E-state index contributed by atoms with van der Waals surface area (Å²) in [6.07, 6.45) is 1.58. The highest BCUT2D eigenvalue weighted by atomic mass is 35.5. The number of hydrogen-bond acceptors (Lipinski definition) is 7. The number of nitrogens with zero attached hydrogens (tertiary/aromatic N) is 4. The molecule has 7 nitrogen and oxygen atoms in total. The van der Waals surface area contributed by atoms with E-state index in [1.54, 1.807) is 30.5 Å². The Morgan fingerprint density at radius 1 is 1.17 bits per heavy atom. The molecular formula is C20H16Cl2N4O3S. The first-order chi connectivity index (χ1) is 14.6. The van der Waals surface area contributed by atoms with Crippen LogP contribution in [0.5, 0.6) is 0 Å². The van der Waals surface area contributed by atoms with E-state index < -0.39 is 0 Å². The Labute approximate surface area is 185 Å². The molecule has 4 aromatic rings. The van der Waals surface area contributed by atoms with Crippen molar-refractivity contribution in [2.75, 3.05) is 31.2 Å². The van der Waals surface area contributed by atoms with Gasteiger partial charge in [0.1, 0.15) is 5.69 Å². The van der Waals surface area contributed by atoms with Crippen LogP contribution in [0.1, 0.15) is 5.56 Å². The van der Waals surface area contributed by atoms with E-state index >= 15 is 0 Å². The van der Waals surface area contributed by atoms with Gasteiger partial charge in [-0.25, -0.2) is 9.67 Å². The number of morpholine rings is 1. The van der Waals surface area contributed by atoms with Crippen LogP contribution in [-0.4, -0.2) is 41.1 Å². The molecule has 0 spiro atoms. The van der Waals surface area contributed by atoms with E-state index in [9.17, 15) is 4.79 Å². The highest BCUT2D eigenvalue weighted by Gasteiger charge is 2.22. The molecular weight excluding hydrogens is 447 g/mol. The monoisotopic (exact) mass is 462 g/mol. The van der Waals surface area contributed by atoms with E-state index in [-0.39, 0.29) is 12.1 Å². The average molecular weight is 463 g/mol. The van der Waals surface area contributed by atoms with Gasteiger partial charge in [0.25, 0.3) is 5.56 Å². The fourth-order valence-electron chi connectivity index (χ4n) is 3.33. The second-order valence-electron chi connectivity index (χ2n) is 6.80. The zero-order valence-corrected chi connectivity index (χ0v) is 18.0. The summed E-state index contributed by atoms with van der Waals surface area (Å²) >= 11 is 13.8. The third-order valence-electron chi connectivity index (χ3n) is 4.86. The molecule has 0 bridgehead atoms. The summed E-state index contributed by atoms with van der Waals surface area (Å²) in [4.78, 5) is 20.0. The van der Waals surface area contributed by atoms with Crippen molar-refractivity contribution in [1.29, 1.82) is 0 Å². The van der Waals surface area contributed by atoms with Crippen molar-refractivity contribution in [1.82, 2.24) is 14.8 Å². The lowest BCUT2D eigenvalue weighted by Crippen LogP contribution is -2.36. The molecule has 5 rings (SSSR count). The first-order valence-corrected chi connectivity index (χ1v) is 10.9. The lowest BCUT2D eigenvalue weighted by atomic mass is 10.2. The molecule has 154 valence electrons. The topological polar surface area (TPSA) is 73.4 Å². The number of halogens is 2. The van der Waals surface area contributed by atoms with E-state index in [4.69, 9.17) is 32.4 Å². The number of rotatable bonds is 4. The lowest BCUT2D eigenvalue weighted by molar-refractivity contribution is 0.122. The van der Waals surface area contributed by atoms with Crippen LogP contribution < -0.4 is 10.5 Å². The van der Waals surface area contributed by atoms with Gasteiger partial charge in [-0.15, -0.1) is 0 Å². The number of anilines is 1. The van der Waals surface area contributed by atoms with Crippen LogP contribution in [0.15, 0.2) is 45.8 Å². The van der Waals surface area contributed by atoms with E-state index in [0.717, 1.165) is 23.8 Å². The molecule has 1 aliphatic heterocycles. The summed E-state index contributed by atoms with van der Waals surface area (Å²) in [6, 6.07) is 8.78. The predicted molar refractivity (Wildman–Crippen MR) is 118 cm³/mol. The van der Waals surface area contributed by atoms with Gasteiger partial charge in [0.2, 0.25) is 0 Å². The summed E-state index contributed by atoms with van der Waals surface area (Å²) in [5, 5.41) is 6.39. The van der Waals surface area contributed by atoms with Crippen molar-refractivity contribution in [3.8, 4) is 11.5 Å². The molecule has 1 saturated heterocycles. The number of furan rings is 1. The Kier molecular flexibility index (Phi) is 5.24. The van der Waals surface area contributed by atoms with Crippen LogP contribution in [0.4, 0.5) is 5.13 Å². The van der Waals surface area contributed by atoms with Crippen molar-refractivity contribution in [2.24, 2.45) is 0 Å². The fourth-order valence-corrected chi connectivity index (χ4v) is 4.90. The Bertz CT molecular complexity index is 1260. The van der Waals surface area contributed by atoms with Crippen LogP contribution in [0.2, 0.25) is 10.0 Å². The standard InChI is InChI=1S/C20H16Cl2N4O3S/c21-13-4-3-12(14(22)10-13)11-26-19(27)17-18(16(24-26)15-2-1-7-29-15)30-20(23-17)25-5-8-28-9-6-25/h1-4,7,10H,5-6,8-9,11H2. The molecule has 1 aromatic carbocycles. The van der Waals surface area contributed by atoms with Crippen LogP contribution in [0.25, 0.3) is 21.7 Å². The van der Waals surface area contributed by atoms with Crippen LogP contribution in [0, 0.1) is 0 Å². The summed E-state index contributed by atoms with van der Waals surface area (Å²) < 4.78 is 13.1. The Morgan fingerprint density at radius 3 is 2.73 bits per heavy atom. The Hall–Kier alpha value is -2.39. The van der Waals surface area contributed by atoms with Crippen LogP contribution in [-0.2, 0) is 11.3 Å². The van der Waals surface area contributed by atoms with Crippen molar-refractivity contribution in [3.63, 3.8) is 0 Å². The van der Waals surface area contributed by atoms with Gasteiger partial charge in [-0.05, 0) is 29.8 Å². The number of ether oxygens (including phenoxy) is 1. The number of thiazole rings is 1. The minimum absolute atomic E-state index is 0.197. The van der Waals surface area contributed by atoms with Gasteiger partial charge in [0.05, 0.1) is 30.7 Å². The molecule has 0 atom stereocenters. The number of aromatic nitrogens is 3. The molecule has 0 aliphatic carbocycles. The van der Waals surface area contributed by atoms with E-state index in [0.29, 0.717) is 44.9 Å². The maximum Gasteiger partial charge on any atom is 0.294 e. The minimum atomic E-state index is -0.276. The van der Waals surface area contributed by atoms with Gasteiger partial charge in [0, 0.05) is 23.1 Å². The minimum Gasteiger partial charge on any atom is -0.463 e. The van der Waals surface area contributed by atoms with Crippen molar-refractivity contribution in [3.05, 3.63) is 62.6 Å². The molecule has 30 heavy (non-hydrogen) atoms. The van der Waals surface area contributed by atoms with Crippen LogP contribution >= 0.6 is 34.5 Å². The number of fused-ring (bicyclic) bond motifs is 1. The summed E-state index contributed by atoms with van der Waals surface area (Å²) in [6.45, 7) is 2.94. The van der Waals surface area contributed by atoms with Gasteiger partial charge in [-0.1, -0.05) is 40.6 Å². The van der Waals surface area contributed by atoms with Crippen molar-refractivity contribution >= 4 is 49.9 Å². The third-order valence-corrected chi connectivity index (χ3v) is 6.57. The summed E-state index contributed by atoms with van der Waals surface area (Å²) in [5.41, 5.74) is 1.41. The largest absolute Gasteiger partial charge is 0.463 e. The molecule has 10 heteroatoms. The second kappa shape index (κ2) is 8.03. The maximum absolute atomic E-state index is 13.2. The number of benzene rings is 1. The molecule has 0 saturated carbocycles. The average Bonchev–Trinajstić information content (AvgIpc) is 3.43. The summed E-state index contributed by atoms with van der Waals surface area (Å²) in [7, 11) is 0. The second-order valence-corrected chi connectivity index (χ2v) is 8.62. The fraction of sp³-hybridized carbons (Fsp3) is 0.250. The lowest BCUT2D eigenvalue weighted by Gasteiger charge is -2.25. The zero-order valence-electron chi connectivity index (χ0n) is 15.7.